The second-order valence-corrected chi connectivity index (χ2v) is 8.94. The van der Waals surface area contributed by atoms with Gasteiger partial charge in [-0.25, -0.2) is 4.98 Å². The van der Waals surface area contributed by atoms with Crippen molar-refractivity contribution in [1.82, 2.24) is 10.3 Å². The summed E-state index contributed by atoms with van der Waals surface area (Å²) in [6, 6.07) is 20.6. The molecule has 0 saturated heterocycles. The Hall–Kier alpha value is -3.49. The molecule has 1 heterocycles. The van der Waals surface area contributed by atoms with Gasteiger partial charge in [-0.1, -0.05) is 12.1 Å². The van der Waals surface area contributed by atoms with Gasteiger partial charge in [0.15, 0.2) is 5.11 Å². The fourth-order valence-corrected chi connectivity index (χ4v) is 4.38. The van der Waals surface area contributed by atoms with Gasteiger partial charge in [0.05, 0.1) is 29.1 Å². The maximum Gasteiger partial charge on any atom is 0.257 e. The molecule has 0 saturated carbocycles. The summed E-state index contributed by atoms with van der Waals surface area (Å²) in [5.41, 5.74) is 3.00. The molecule has 8 heteroatoms. The van der Waals surface area contributed by atoms with Gasteiger partial charge in [-0.2, -0.15) is 0 Å². The molecule has 168 valence electrons. The predicted octanol–water partition coefficient (Wildman–Crippen LogP) is 5.89. The minimum absolute atomic E-state index is 0.0648. The van der Waals surface area contributed by atoms with Gasteiger partial charge in [0.2, 0.25) is 0 Å². The van der Waals surface area contributed by atoms with Crippen LogP contribution in [-0.4, -0.2) is 29.2 Å². The number of aromatic nitrogens is 1. The zero-order valence-corrected chi connectivity index (χ0v) is 20.0. The fourth-order valence-electron chi connectivity index (χ4n) is 3.22. The van der Waals surface area contributed by atoms with Crippen molar-refractivity contribution in [2.75, 3.05) is 12.4 Å². The third-order valence-corrected chi connectivity index (χ3v) is 5.99. The molecule has 0 aliphatic carbocycles. The van der Waals surface area contributed by atoms with Crippen LogP contribution in [0.2, 0.25) is 0 Å². The number of benzene rings is 3. The van der Waals surface area contributed by atoms with Gasteiger partial charge in [-0.15, -0.1) is 11.3 Å². The lowest BCUT2D eigenvalue weighted by molar-refractivity contribution is 0.0977. The molecule has 6 nitrogen and oxygen atoms in total. The van der Waals surface area contributed by atoms with E-state index in [1.54, 1.807) is 42.7 Å². The van der Waals surface area contributed by atoms with Gasteiger partial charge in [0.1, 0.15) is 16.5 Å². The number of methoxy groups -OCH3 is 1. The summed E-state index contributed by atoms with van der Waals surface area (Å²) in [6.45, 7) is 3.90. The Morgan fingerprint density at radius 1 is 1.06 bits per heavy atom. The van der Waals surface area contributed by atoms with E-state index in [2.05, 4.69) is 10.6 Å². The number of hydrogen-bond acceptors (Lipinski definition) is 6. The van der Waals surface area contributed by atoms with Crippen LogP contribution in [-0.2, 0) is 0 Å². The lowest BCUT2D eigenvalue weighted by Crippen LogP contribution is -2.34. The zero-order chi connectivity index (χ0) is 23.4. The number of thiazole rings is 1. The molecule has 0 radical (unpaired) electrons. The van der Waals surface area contributed by atoms with Crippen molar-refractivity contribution < 1.29 is 14.3 Å². The Labute approximate surface area is 201 Å². The molecule has 0 atom stereocenters. The highest BCUT2D eigenvalue weighted by molar-refractivity contribution is 7.80. The average Bonchev–Trinajstić information content (AvgIpc) is 3.23. The van der Waals surface area contributed by atoms with Gasteiger partial charge >= 0.3 is 0 Å². The summed E-state index contributed by atoms with van der Waals surface area (Å²) in [7, 11) is 1.58. The van der Waals surface area contributed by atoms with E-state index in [1.807, 2.05) is 56.3 Å². The topological polar surface area (TPSA) is 72.5 Å². The van der Waals surface area contributed by atoms with Crippen LogP contribution in [0, 0.1) is 0 Å². The van der Waals surface area contributed by atoms with Crippen LogP contribution in [0.25, 0.3) is 20.8 Å². The molecule has 0 aliphatic heterocycles. The second-order valence-electron chi connectivity index (χ2n) is 7.50. The van der Waals surface area contributed by atoms with Crippen molar-refractivity contribution in [2.45, 2.75) is 20.0 Å². The number of rotatable bonds is 6. The summed E-state index contributed by atoms with van der Waals surface area (Å²) < 4.78 is 12.2. The third kappa shape index (κ3) is 5.47. The van der Waals surface area contributed by atoms with Crippen molar-refractivity contribution in [2.24, 2.45) is 0 Å². The normalized spacial score (nSPS) is 10.8. The van der Waals surface area contributed by atoms with Crippen molar-refractivity contribution in [3.05, 3.63) is 72.3 Å². The first kappa shape index (κ1) is 22.7. The van der Waals surface area contributed by atoms with Crippen LogP contribution < -0.4 is 20.1 Å². The van der Waals surface area contributed by atoms with Gasteiger partial charge in [0.25, 0.3) is 5.91 Å². The number of nitrogens with one attached hydrogen (secondary N) is 2. The number of para-hydroxylation sites is 1. The van der Waals surface area contributed by atoms with E-state index in [1.165, 1.54) is 0 Å². The SMILES string of the molecule is COc1ccc(-c2nc3ccccc3s2)cc1NC(=S)NC(=O)c1ccc(OC(C)C)cc1. The molecule has 0 fully saturated rings. The second kappa shape index (κ2) is 9.97. The number of thiocarbonyl (C=S) groups is 1. The van der Waals surface area contributed by atoms with E-state index >= 15 is 0 Å². The highest BCUT2D eigenvalue weighted by Crippen LogP contribution is 2.34. The molecular formula is C25H23N3O3S2. The number of nitrogens with zero attached hydrogens (tertiary/aromatic N) is 1. The van der Waals surface area contributed by atoms with E-state index in [-0.39, 0.29) is 17.1 Å². The third-order valence-electron chi connectivity index (χ3n) is 4.70. The van der Waals surface area contributed by atoms with Crippen LogP contribution in [0.5, 0.6) is 11.5 Å². The molecule has 4 aromatic rings. The maximum atomic E-state index is 12.6. The Morgan fingerprint density at radius 3 is 2.52 bits per heavy atom. The molecule has 0 spiro atoms. The highest BCUT2D eigenvalue weighted by Gasteiger charge is 2.13. The Kier molecular flexibility index (Phi) is 6.86. The zero-order valence-electron chi connectivity index (χ0n) is 18.4. The van der Waals surface area contributed by atoms with Crippen molar-refractivity contribution in [3.63, 3.8) is 0 Å². The van der Waals surface area contributed by atoms with Crippen LogP contribution >= 0.6 is 23.6 Å². The molecule has 3 aromatic carbocycles. The summed E-state index contributed by atoms with van der Waals surface area (Å²) in [5.74, 6) is 0.996. The summed E-state index contributed by atoms with van der Waals surface area (Å²) in [6.07, 6.45) is 0.0648. The summed E-state index contributed by atoms with van der Waals surface area (Å²) in [4.78, 5) is 17.3. The molecular weight excluding hydrogens is 454 g/mol. The van der Waals surface area contributed by atoms with Crippen LogP contribution in [0.15, 0.2) is 66.7 Å². The summed E-state index contributed by atoms with van der Waals surface area (Å²) in [5, 5.41) is 6.84. The van der Waals surface area contributed by atoms with Crippen LogP contribution in [0.4, 0.5) is 5.69 Å². The van der Waals surface area contributed by atoms with Crippen molar-refractivity contribution >= 4 is 50.5 Å². The highest BCUT2D eigenvalue weighted by atomic mass is 32.1. The Bertz CT molecular complexity index is 1270. The molecule has 4 rings (SSSR count). The largest absolute Gasteiger partial charge is 0.495 e. The standard InChI is InChI=1S/C25H23N3O3S2/c1-15(2)31-18-11-8-16(9-12-18)23(29)28-25(32)27-20-14-17(10-13-21(20)30-3)24-26-19-6-4-5-7-22(19)33-24/h4-15H,1-3H3,(H2,27,28,29,32). The molecule has 0 unspecified atom stereocenters. The molecule has 0 bridgehead atoms. The molecule has 2 N–H and O–H groups in total. The lowest BCUT2D eigenvalue weighted by Gasteiger charge is -2.14. The molecule has 33 heavy (non-hydrogen) atoms. The van der Waals surface area contributed by atoms with Crippen molar-refractivity contribution in [1.29, 1.82) is 0 Å². The first-order valence-corrected chi connectivity index (χ1v) is 11.6. The van der Waals surface area contributed by atoms with E-state index in [9.17, 15) is 4.79 Å². The molecule has 0 aliphatic rings. The van der Waals surface area contributed by atoms with Crippen LogP contribution in [0.1, 0.15) is 24.2 Å². The Balaban J connectivity index is 1.48. The number of amides is 1. The van der Waals surface area contributed by atoms with Crippen LogP contribution in [0.3, 0.4) is 0 Å². The first-order valence-electron chi connectivity index (χ1n) is 10.4. The first-order chi connectivity index (χ1) is 15.9. The number of carbonyl (C=O) groups excluding carboxylic acids is 1. The number of fused-ring (bicyclic) bond motifs is 1. The average molecular weight is 478 g/mol. The van der Waals surface area contributed by atoms with Gasteiger partial charge < -0.3 is 14.8 Å². The predicted molar refractivity (Wildman–Crippen MR) is 138 cm³/mol. The van der Waals surface area contributed by atoms with E-state index in [0.717, 1.165) is 20.8 Å². The number of anilines is 1. The minimum Gasteiger partial charge on any atom is -0.495 e. The van der Waals surface area contributed by atoms with E-state index in [4.69, 9.17) is 26.7 Å². The fraction of sp³-hybridized carbons (Fsp3) is 0.160. The monoisotopic (exact) mass is 477 g/mol. The smallest absolute Gasteiger partial charge is 0.257 e. The van der Waals surface area contributed by atoms with E-state index in [0.29, 0.717) is 22.7 Å². The van der Waals surface area contributed by atoms with Gasteiger partial charge in [-0.3, -0.25) is 10.1 Å². The van der Waals surface area contributed by atoms with Crippen molar-refractivity contribution in [3.8, 4) is 22.1 Å². The number of hydrogen-bond donors (Lipinski definition) is 2. The summed E-state index contributed by atoms with van der Waals surface area (Å²) >= 11 is 6.99. The molecule has 1 amide bonds. The minimum atomic E-state index is -0.315. The van der Waals surface area contributed by atoms with E-state index < -0.39 is 0 Å². The molecule has 1 aromatic heterocycles. The maximum absolute atomic E-state index is 12.6. The number of ether oxygens (including phenoxy) is 2. The Morgan fingerprint density at radius 2 is 1.82 bits per heavy atom. The van der Waals surface area contributed by atoms with Gasteiger partial charge in [-0.05, 0) is 80.7 Å². The number of carbonyl (C=O) groups is 1. The quantitative estimate of drug-likeness (QED) is 0.338. The lowest BCUT2D eigenvalue weighted by atomic mass is 10.2. The van der Waals surface area contributed by atoms with Gasteiger partial charge in [0, 0.05) is 11.1 Å².